The van der Waals surface area contributed by atoms with Crippen molar-refractivity contribution in [2.24, 2.45) is 0 Å². The van der Waals surface area contributed by atoms with Crippen molar-refractivity contribution in [3.63, 3.8) is 0 Å². The third-order valence-corrected chi connectivity index (χ3v) is 2.14. The van der Waals surface area contributed by atoms with Gasteiger partial charge in [-0.15, -0.1) is 11.6 Å². The van der Waals surface area contributed by atoms with Gasteiger partial charge in [-0.05, 0) is 13.3 Å². The molecule has 0 rings (SSSR count). The Labute approximate surface area is 89.6 Å². The van der Waals surface area contributed by atoms with Crippen LogP contribution in [0.25, 0.3) is 0 Å². The average Bonchev–Trinajstić information content (AvgIpc) is 2.21. The fourth-order valence-electron chi connectivity index (χ4n) is 0.801. The van der Waals surface area contributed by atoms with Crippen molar-refractivity contribution >= 4 is 23.4 Å². The van der Waals surface area contributed by atoms with Crippen LogP contribution in [0.1, 0.15) is 19.8 Å². The van der Waals surface area contributed by atoms with Crippen molar-refractivity contribution in [3.8, 4) is 0 Å². The molecular weight excluding hydrogens is 204 g/mol. The van der Waals surface area contributed by atoms with E-state index in [0.29, 0.717) is 25.3 Å². The monoisotopic (exact) mass is 220 g/mol. The lowest BCUT2D eigenvalue weighted by molar-refractivity contribution is -0.131. The maximum Gasteiger partial charge on any atom is 0.241 e. The molecule has 2 amide bonds. The average molecular weight is 221 g/mol. The molecule has 4 nitrogen and oxygen atoms in total. The molecule has 82 valence electrons. The minimum absolute atomic E-state index is 0.0749. The molecule has 0 aliphatic rings. The Morgan fingerprint density at radius 3 is 2.57 bits per heavy atom. The highest BCUT2D eigenvalue weighted by molar-refractivity contribution is 6.17. The Morgan fingerprint density at radius 1 is 1.43 bits per heavy atom. The molecule has 0 spiro atoms. The van der Waals surface area contributed by atoms with Gasteiger partial charge in [0.15, 0.2) is 0 Å². The highest BCUT2D eigenvalue weighted by Gasteiger charge is 2.07. The number of halogens is 1. The summed E-state index contributed by atoms with van der Waals surface area (Å²) in [5, 5.41) is 2.54. The number of rotatable bonds is 6. The van der Waals surface area contributed by atoms with Gasteiger partial charge < -0.3 is 10.2 Å². The molecule has 0 heterocycles. The summed E-state index contributed by atoms with van der Waals surface area (Å²) in [5.41, 5.74) is 0. The Balaban J connectivity index is 3.61. The fraction of sp³-hybridized carbons (Fsp3) is 0.778. The van der Waals surface area contributed by atoms with Gasteiger partial charge in [0.1, 0.15) is 0 Å². The number of carbonyl (C=O) groups excluding carboxylic acids is 2. The third-order valence-electron chi connectivity index (χ3n) is 1.87. The first-order chi connectivity index (χ1) is 6.61. The van der Waals surface area contributed by atoms with Crippen molar-refractivity contribution in [3.05, 3.63) is 0 Å². The van der Waals surface area contributed by atoms with Crippen LogP contribution in [0, 0.1) is 0 Å². The van der Waals surface area contributed by atoms with E-state index < -0.39 is 0 Å². The SMILES string of the molecule is CCN(C)C(=O)CNC(=O)CCCCl. The van der Waals surface area contributed by atoms with E-state index in [1.54, 1.807) is 11.9 Å². The van der Waals surface area contributed by atoms with Gasteiger partial charge in [-0.2, -0.15) is 0 Å². The van der Waals surface area contributed by atoms with Crippen LogP contribution in [-0.4, -0.2) is 42.7 Å². The van der Waals surface area contributed by atoms with Crippen LogP contribution >= 0.6 is 11.6 Å². The Morgan fingerprint density at radius 2 is 2.07 bits per heavy atom. The second-order valence-electron chi connectivity index (χ2n) is 2.98. The Kier molecular flexibility index (Phi) is 7.20. The summed E-state index contributed by atoms with van der Waals surface area (Å²) in [4.78, 5) is 23.9. The number of hydrogen-bond donors (Lipinski definition) is 1. The van der Waals surface area contributed by atoms with Gasteiger partial charge in [0, 0.05) is 25.9 Å². The van der Waals surface area contributed by atoms with Crippen molar-refractivity contribution < 1.29 is 9.59 Å². The molecule has 0 unspecified atom stereocenters. The molecule has 0 bridgehead atoms. The summed E-state index contributed by atoms with van der Waals surface area (Å²) >= 11 is 5.43. The lowest BCUT2D eigenvalue weighted by Crippen LogP contribution is -2.37. The normalized spacial score (nSPS) is 9.64. The van der Waals surface area contributed by atoms with E-state index >= 15 is 0 Å². The first kappa shape index (κ1) is 13.2. The lowest BCUT2D eigenvalue weighted by atomic mass is 10.3. The third kappa shape index (κ3) is 5.80. The Hall–Kier alpha value is -0.770. The van der Waals surface area contributed by atoms with E-state index in [1.807, 2.05) is 6.92 Å². The second kappa shape index (κ2) is 7.62. The molecule has 0 fully saturated rings. The predicted molar refractivity (Wildman–Crippen MR) is 56.3 cm³/mol. The maximum atomic E-state index is 11.2. The Bertz CT molecular complexity index is 197. The molecule has 1 N–H and O–H groups in total. The van der Waals surface area contributed by atoms with E-state index in [-0.39, 0.29) is 18.4 Å². The van der Waals surface area contributed by atoms with E-state index in [2.05, 4.69) is 5.32 Å². The first-order valence-electron chi connectivity index (χ1n) is 4.68. The van der Waals surface area contributed by atoms with Crippen LogP contribution < -0.4 is 5.32 Å². The lowest BCUT2D eigenvalue weighted by Gasteiger charge is -2.14. The van der Waals surface area contributed by atoms with Crippen LogP contribution in [0.5, 0.6) is 0 Å². The van der Waals surface area contributed by atoms with E-state index in [1.165, 1.54) is 0 Å². The summed E-state index contributed by atoms with van der Waals surface area (Å²) in [7, 11) is 1.70. The molecule has 0 saturated heterocycles. The van der Waals surface area contributed by atoms with E-state index in [0.717, 1.165) is 0 Å². The number of hydrogen-bond acceptors (Lipinski definition) is 2. The summed E-state index contributed by atoms with van der Waals surface area (Å²) < 4.78 is 0. The maximum absolute atomic E-state index is 11.2. The number of nitrogens with zero attached hydrogens (tertiary/aromatic N) is 1. The smallest absolute Gasteiger partial charge is 0.241 e. The highest BCUT2D eigenvalue weighted by atomic mass is 35.5. The summed E-state index contributed by atoms with van der Waals surface area (Å²) in [6.45, 7) is 2.61. The van der Waals surface area contributed by atoms with Crippen molar-refractivity contribution in [1.82, 2.24) is 10.2 Å². The van der Waals surface area contributed by atoms with Crippen molar-refractivity contribution in [1.29, 1.82) is 0 Å². The van der Waals surface area contributed by atoms with Crippen molar-refractivity contribution in [2.45, 2.75) is 19.8 Å². The van der Waals surface area contributed by atoms with Gasteiger partial charge in [0.05, 0.1) is 6.54 Å². The molecule has 0 aromatic carbocycles. The van der Waals surface area contributed by atoms with Crippen LogP contribution in [0.15, 0.2) is 0 Å². The van der Waals surface area contributed by atoms with Crippen LogP contribution in [-0.2, 0) is 9.59 Å². The standard InChI is InChI=1S/C9H17ClN2O2/c1-3-12(2)9(14)7-11-8(13)5-4-6-10/h3-7H2,1-2H3,(H,11,13). The molecule has 5 heteroatoms. The molecular formula is C9H17ClN2O2. The summed E-state index contributed by atoms with van der Waals surface area (Å²) in [5.74, 6) is 0.270. The van der Waals surface area contributed by atoms with Gasteiger partial charge in [-0.3, -0.25) is 9.59 Å². The van der Waals surface area contributed by atoms with E-state index in [4.69, 9.17) is 11.6 Å². The number of carbonyl (C=O) groups is 2. The molecule has 0 atom stereocenters. The topological polar surface area (TPSA) is 49.4 Å². The van der Waals surface area contributed by atoms with Crippen molar-refractivity contribution in [2.75, 3.05) is 26.0 Å². The minimum Gasteiger partial charge on any atom is -0.347 e. The molecule has 0 aromatic rings. The van der Waals surface area contributed by atoms with Crippen LogP contribution in [0.4, 0.5) is 0 Å². The fourth-order valence-corrected chi connectivity index (χ4v) is 0.935. The summed E-state index contributed by atoms with van der Waals surface area (Å²) in [6, 6.07) is 0. The molecule has 0 aromatic heterocycles. The van der Waals surface area contributed by atoms with Gasteiger partial charge in [-0.1, -0.05) is 0 Å². The largest absolute Gasteiger partial charge is 0.347 e. The van der Waals surface area contributed by atoms with Crippen LogP contribution in [0.2, 0.25) is 0 Å². The van der Waals surface area contributed by atoms with E-state index in [9.17, 15) is 9.59 Å². The zero-order chi connectivity index (χ0) is 11.0. The van der Waals surface area contributed by atoms with Gasteiger partial charge >= 0.3 is 0 Å². The highest BCUT2D eigenvalue weighted by Crippen LogP contribution is 1.91. The molecule has 0 aliphatic heterocycles. The molecule has 0 aliphatic carbocycles. The van der Waals surface area contributed by atoms with Crippen LogP contribution in [0.3, 0.4) is 0 Å². The summed E-state index contributed by atoms with van der Waals surface area (Å²) in [6.07, 6.45) is 1.03. The zero-order valence-corrected chi connectivity index (χ0v) is 9.43. The quantitative estimate of drug-likeness (QED) is 0.667. The number of alkyl halides is 1. The molecule has 14 heavy (non-hydrogen) atoms. The van der Waals surface area contributed by atoms with Gasteiger partial charge in [0.2, 0.25) is 11.8 Å². The molecule has 0 radical (unpaired) electrons. The number of likely N-dealkylation sites (N-methyl/N-ethyl adjacent to an activating group) is 1. The minimum atomic E-state index is -0.122. The number of nitrogens with one attached hydrogen (secondary N) is 1. The predicted octanol–water partition coefficient (Wildman–Crippen LogP) is 0.600. The number of amides is 2. The van der Waals surface area contributed by atoms with Gasteiger partial charge in [-0.25, -0.2) is 0 Å². The zero-order valence-electron chi connectivity index (χ0n) is 8.68. The van der Waals surface area contributed by atoms with Gasteiger partial charge in [0.25, 0.3) is 0 Å². The second-order valence-corrected chi connectivity index (χ2v) is 3.36. The molecule has 0 saturated carbocycles. The first-order valence-corrected chi connectivity index (χ1v) is 5.21.